The highest BCUT2D eigenvalue weighted by Gasteiger charge is 2.19. The highest BCUT2D eigenvalue weighted by Crippen LogP contribution is 2.08. The van der Waals surface area contributed by atoms with Crippen LogP contribution in [0.25, 0.3) is 0 Å². The van der Waals surface area contributed by atoms with Gasteiger partial charge in [-0.3, -0.25) is 10.1 Å². The predicted octanol–water partition coefficient (Wildman–Crippen LogP) is 2.02. The molecule has 0 aliphatic rings. The second kappa shape index (κ2) is 9.56. The third-order valence-electron chi connectivity index (χ3n) is 3.66. The number of thiophene rings is 2. The van der Waals surface area contributed by atoms with Gasteiger partial charge in [0.05, 0.1) is 9.75 Å². The Labute approximate surface area is 150 Å². The zero-order valence-corrected chi connectivity index (χ0v) is 15.6. The van der Waals surface area contributed by atoms with Crippen LogP contribution in [0.1, 0.15) is 30.0 Å². The molecular weight excluding hydrogens is 342 g/mol. The Kier molecular flexibility index (Phi) is 7.42. The quantitative estimate of drug-likeness (QED) is 0.669. The Bertz CT molecular complexity index is 590. The van der Waals surface area contributed by atoms with E-state index in [0.717, 1.165) is 24.4 Å². The molecule has 0 aromatic carbocycles. The van der Waals surface area contributed by atoms with E-state index < -0.39 is 6.03 Å². The number of rotatable bonds is 8. The lowest BCUT2D eigenvalue weighted by molar-refractivity contribution is -0.919. The van der Waals surface area contributed by atoms with Crippen molar-refractivity contribution in [1.29, 1.82) is 0 Å². The summed E-state index contributed by atoms with van der Waals surface area (Å²) in [4.78, 5) is 27.6. The second-order valence-corrected chi connectivity index (χ2v) is 7.83. The number of amides is 3. The molecule has 0 saturated heterocycles. The van der Waals surface area contributed by atoms with Crippen molar-refractivity contribution in [2.24, 2.45) is 0 Å². The van der Waals surface area contributed by atoms with Gasteiger partial charge in [0.15, 0.2) is 6.54 Å². The van der Waals surface area contributed by atoms with Crippen LogP contribution in [0.5, 0.6) is 0 Å². The third-order valence-corrected chi connectivity index (χ3v) is 5.41. The minimum Gasteiger partial charge on any atom is -0.335 e. The van der Waals surface area contributed by atoms with Crippen LogP contribution < -0.4 is 15.5 Å². The van der Waals surface area contributed by atoms with Gasteiger partial charge in [-0.05, 0) is 36.2 Å². The normalized spacial score (nSPS) is 12.1. The highest BCUT2D eigenvalue weighted by atomic mass is 32.1. The highest BCUT2D eigenvalue weighted by molar-refractivity contribution is 7.10. The van der Waals surface area contributed by atoms with Gasteiger partial charge < -0.3 is 10.2 Å². The van der Waals surface area contributed by atoms with Gasteiger partial charge in [0.1, 0.15) is 13.1 Å². The summed E-state index contributed by atoms with van der Waals surface area (Å²) in [5, 5.41) is 9.26. The van der Waals surface area contributed by atoms with Crippen LogP contribution in [0.3, 0.4) is 0 Å². The molecule has 2 heterocycles. The van der Waals surface area contributed by atoms with E-state index in [0.29, 0.717) is 0 Å². The number of carbonyl (C=O) groups excluding carboxylic acids is 2. The van der Waals surface area contributed by atoms with Crippen LogP contribution in [-0.2, 0) is 17.9 Å². The van der Waals surface area contributed by atoms with E-state index in [4.69, 9.17) is 0 Å². The average molecular weight is 367 g/mol. The molecule has 1 atom stereocenters. The molecule has 3 N–H and O–H groups in total. The number of carbonyl (C=O) groups is 2. The number of imide groups is 1. The molecule has 2 aromatic rings. The van der Waals surface area contributed by atoms with E-state index in [1.807, 2.05) is 36.7 Å². The van der Waals surface area contributed by atoms with E-state index in [1.165, 1.54) is 9.75 Å². The maximum absolute atomic E-state index is 12.2. The van der Waals surface area contributed by atoms with Crippen LogP contribution >= 0.6 is 22.7 Å². The minimum absolute atomic E-state index is 0.0542. The molecule has 0 saturated carbocycles. The van der Waals surface area contributed by atoms with Crippen LogP contribution in [0.2, 0.25) is 0 Å². The van der Waals surface area contributed by atoms with Crippen LogP contribution in [-0.4, -0.2) is 24.5 Å². The van der Waals surface area contributed by atoms with Crippen molar-refractivity contribution in [2.45, 2.75) is 39.4 Å². The van der Waals surface area contributed by atoms with Crippen LogP contribution in [0.15, 0.2) is 35.0 Å². The molecule has 130 valence electrons. The fourth-order valence-corrected chi connectivity index (χ4v) is 3.82. The number of nitrogens with one attached hydrogen (secondary N) is 3. The molecule has 7 heteroatoms. The summed E-state index contributed by atoms with van der Waals surface area (Å²) >= 11 is 3.38. The summed E-state index contributed by atoms with van der Waals surface area (Å²) < 4.78 is 0. The molecule has 0 unspecified atom stereocenters. The number of quaternary nitrogens is 1. The molecule has 2 aromatic heterocycles. The molecule has 3 amide bonds. The van der Waals surface area contributed by atoms with Gasteiger partial charge in [0.25, 0.3) is 5.91 Å². The molecule has 5 nitrogen and oxygen atoms in total. The summed E-state index contributed by atoms with van der Waals surface area (Å²) in [6, 6.07) is 7.82. The lowest BCUT2D eigenvalue weighted by atomic mass is 10.3. The Balaban J connectivity index is 1.91. The third kappa shape index (κ3) is 6.43. The zero-order valence-electron chi connectivity index (χ0n) is 14.0. The Hall–Kier alpha value is -1.70. The molecule has 0 spiro atoms. The fourth-order valence-electron chi connectivity index (χ4n) is 2.27. The first kappa shape index (κ1) is 18.6. The number of hydrogen-bond acceptors (Lipinski definition) is 4. The molecule has 0 aliphatic heterocycles. The van der Waals surface area contributed by atoms with Gasteiger partial charge in [0.2, 0.25) is 0 Å². The van der Waals surface area contributed by atoms with E-state index in [2.05, 4.69) is 22.8 Å². The van der Waals surface area contributed by atoms with E-state index in [-0.39, 0.29) is 18.5 Å². The van der Waals surface area contributed by atoms with Gasteiger partial charge in [0, 0.05) is 6.04 Å². The predicted molar refractivity (Wildman–Crippen MR) is 98.3 cm³/mol. The van der Waals surface area contributed by atoms with Crippen molar-refractivity contribution in [3.63, 3.8) is 0 Å². The number of hydrogen-bond donors (Lipinski definition) is 3. The van der Waals surface area contributed by atoms with E-state index >= 15 is 0 Å². The molecule has 2 rings (SSSR count). The standard InChI is InChI=1S/C17H23N3O2S2/c1-3-13(2)18-17(22)19-16(21)12-20(10-14-6-4-8-23-14)11-15-7-5-9-24-15/h4-9,13H,3,10-12H2,1-2H3,(H2,18,19,21,22)/p+1/t13-/m0/s1. The first-order valence-electron chi connectivity index (χ1n) is 8.05. The van der Waals surface area contributed by atoms with Crippen molar-refractivity contribution in [3.8, 4) is 0 Å². The summed E-state index contributed by atoms with van der Waals surface area (Å²) in [5.74, 6) is -0.251. The van der Waals surface area contributed by atoms with Crippen molar-refractivity contribution < 1.29 is 14.5 Å². The molecule has 24 heavy (non-hydrogen) atoms. The summed E-state index contributed by atoms with van der Waals surface area (Å²) in [5.41, 5.74) is 0. The van der Waals surface area contributed by atoms with Crippen molar-refractivity contribution >= 4 is 34.6 Å². The summed E-state index contributed by atoms with van der Waals surface area (Å²) in [6.45, 7) is 5.71. The average Bonchev–Trinajstić information content (AvgIpc) is 3.20. The van der Waals surface area contributed by atoms with Gasteiger partial charge in [-0.2, -0.15) is 0 Å². The lowest BCUT2D eigenvalue weighted by Gasteiger charge is -2.18. The summed E-state index contributed by atoms with van der Waals surface area (Å²) in [7, 11) is 0. The summed E-state index contributed by atoms with van der Waals surface area (Å²) in [6.07, 6.45) is 0.829. The monoisotopic (exact) mass is 366 g/mol. The first-order chi connectivity index (χ1) is 11.6. The molecule has 0 radical (unpaired) electrons. The topological polar surface area (TPSA) is 62.6 Å². The van der Waals surface area contributed by atoms with Crippen LogP contribution in [0.4, 0.5) is 4.79 Å². The molecule has 0 fully saturated rings. The maximum atomic E-state index is 12.2. The van der Waals surface area contributed by atoms with Gasteiger partial charge in [-0.15, -0.1) is 22.7 Å². The van der Waals surface area contributed by atoms with Gasteiger partial charge in [-0.1, -0.05) is 19.1 Å². The van der Waals surface area contributed by atoms with Crippen molar-refractivity contribution in [3.05, 3.63) is 44.8 Å². The fraction of sp³-hybridized carbons (Fsp3) is 0.412. The largest absolute Gasteiger partial charge is 0.335 e. The molecular formula is C17H24N3O2S2+. The lowest BCUT2D eigenvalue weighted by Crippen LogP contribution is -3.10. The Morgan fingerprint density at radius 3 is 2.17 bits per heavy atom. The number of urea groups is 1. The van der Waals surface area contributed by atoms with Crippen LogP contribution in [0, 0.1) is 0 Å². The van der Waals surface area contributed by atoms with Crippen molar-refractivity contribution in [2.75, 3.05) is 6.54 Å². The molecule has 0 bridgehead atoms. The van der Waals surface area contributed by atoms with E-state index in [1.54, 1.807) is 22.7 Å². The first-order valence-corrected chi connectivity index (χ1v) is 9.81. The minimum atomic E-state index is -0.416. The Morgan fingerprint density at radius 2 is 1.71 bits per heavy atom. The Morgan fingerprint density at radius 1 is 1.12 bits per heavy atom. The smallest absolute Gasteiger partial charge is 0.321 e. The SMILES string of the molecule is CC[C@H](C)NC(=O)NC(=O)C[NH+](Cc1cccs1)Cc1cccs1. The maximum Gasteiger partial charge on any atom is 0.321 e. The van der Waals surface area contributed by atoms with Gasteiger partial charge >= 0.3 is 6.03 Å². The molecule has 0 aliphatic carbocycles. The zero-order chi connectivity index (χ0) is 17.4. The van der Waals surface area contributed by atoms with Crippen molar-refractivity contribution in [1.82, 2.24) is 10.6 Å². The van der Waals surface area contributed by atoms with E-state index in [9.17, 15) is 9.59 Å². The second-order valence-electron chi connectivity index (χ2n) is 5.77. The van der Waals surface area contributed by atoms with Gasteiger partial charge in [-0.25, -0.2) is 4.79 Å².